The van der Waals surface area contributed by atoms with Gasteiger partial charge in [0.1, 0.15) is 35.3 Å². The molecule has 35 heavy (non-hydrogen) atoms. The number of fused-ring (bicyclic) bond motifs is 6. The molecule has 11 heteroatoms. The summed E-state index contributed by atoms with van der Waals surface area (Å²) >= 11 is 0. The molecule has 2 N–H and O–H groups in total. The third kappa shape index (κ3) is 3.49. The number of nitrogen functional groups attached to an aromatic ring is 1. The lowest BCUT2D eigenvalue weighted by atomic mass is 9.93. The Balaban J connectivity index is 1.37. The minimum absolute atomic E-state index is 0.199. The predicted molar refractivity (Wildman–Crippen MR) is 120 cm³/mol. The number of carbonyl (C=O) groups is 1. The van der Waals surface area contributed by atoms with Crippen molar-refractivity contribution in [3.05, 3.63) is 59.5 Å². The van der Waals surface area contributed by atoms with E-state index in [2.05, 4.69) is 14.7 Å². The fourth-order valence-electron chi connectivity index (χ4n) is 5.12. The van der Waals surface area contributed by atoms with Gasteiger partial charge in [0.25, 0.3) is 5.91 Å². The maximum absolute atomic E-state index is 13.7. The zero-order valence-corrected chi connectivity index (χ0v) is 18.5. The zero-order chi connectivity index (χ0) is 24.5. The lowest BCUT2D eigenvalue weighted by Crippen LogP contribution is -2.44. The number of benzene rings is 2. The molecule has 0 spiro atoms. The molecule has 1 saturated heterocycles. The molecule has 4 aromatic rings. The summed E-state index contributed by atoms with van der Waals surface area (Å²) in [5.41, 5.74) is 9.99. The lowest BCUT2D eigenvalue weighted by Gasteiger charge is -2.36. The van der Waals surface area contributed by atoms with E-state index >= 15 is 0 Å². The first kappa shape index (κ1) is 21.5. The van der Waals surface area contributed by atoms with Gasteiger partial charge in [0, 0.05) is 23.7 Å². The quantitative estimate of drug-likeness (QED) is 0.454. The second-order valence-electron chi connectivity index (χ2n) is 8.74. The molecular formula is C24H20F3N5O3. The molecule has 2 aliphatic rings. The van der Waals surface area contributed by atoms with Crippen molar-refractivity contribution in [2.75, 3.05) is 12.3 Å². The lowest BCUT2D eigenvalue weighted by molar-refractivity contribution is -0.274. The van der Waals surface area contributed by atoms with Crippen LogP contribution in [-0.2, 0) is 0 Å². The number of nitrogens with zero attached hydrogens (tertiary/aromatic N) is 4. The van der Waals surface area contributed by atoms with Gasteiger partial charge in [-0.05, 0) is 50.1 Å². The SMILES string of the molecule is Cc1ncn2c1c(N)nc1ccc(C(=O)N3CCCC4Oc5cc(OC(F)(F)F)ccc5C43)cc12. The topological polar surface area (TPSA) is 95.0 Å². The van der Waals surface area contributed by atoms with Gasteiger partial charge in [0.2, 0.25) is 0 Å². The minimum atomic E-state index is -4.80. The number of hydrogen-bond acceptors (Lipinski definition) is 6. The van der Waals surface area contributed by atoms with E-state index in [0.29, 0.717) is 58.6 Å². The number of aromatic nitrogens is 3. The molecule has 2 atom stereocenters. The Bertz CT molecular complexity index is 1500. The average Bonchev–Trinajstić information content (AvgIpc) is 3.38. The molecule has 0 saturated carbocycles. The third-order valence-corrected chi connectivity index (χ3v) is 6.57. The Kier molecular flexibility index (Phi) is 4.60. The molecule has 2 aromatic heterocycles. The van der Waals surface area contributed by atoms with E-state index in [9.17, 15) is 18.0 Å². The summed E-state index contributed by atoms with van der Waals surface area (Å²) in [6.45, 7) is 2.34. The Labute approximate surface area is 197 Å². The largest absolute Gasteiger partial charge is 0.573 e. The van der Waals surface area contributed by atoms with Crippen molar-refractivity contribution in [1.29, 1.82) is 0 Å². The van der Waals surface area contributed by atoms with Crippen LogP contribution < -0.4 is 15.2 Å². The van der Waals surface area contributed by atoms with E-state index < -0.39 is 12.4 Å². The standard InChI is InChI=1S/C24H20F3N5O3/c1-12-20-22(28)30-16-7-4-13(9-17(16)32(20)11-29-12)23(33)31-8-2-3-18-21(31)15-6-5-14(10-19(15)34-18)35-24(25,26)27/h4-7,9-11,18,21H,2-3,8H2,1H3,(H2,28,30). The van der Waals surface area contributed by atoms with E-state index in [1.54, 1.807) is 29.4 Å². The average molecular weight is 483 g/mol. The van der Waals surface area contributed by atoms with Gasteiger partial charge in [-0.1, -0.05) is 0 Å². The van der Waals surface area contributed by atoms with Crippen LogP contribution in [0.2, 0.25) is 0 Å². The van der Waals surface area contributed by atoms with Crippen LogP contribution in [0.4, 0.5) is 19.0 Å². The van der Waals surface area contributed by atoms with E-state index in [1.165, 1.54) is 18.2 Å². The van der Waals surface area contributed by atoms with Crippen LogP contribution in [0.3, 0.4) is 0 Å². The normalized spacial score (nSPS) is 19.5. The van der Waals surface area contributed by atoms with Gasteiger partial charge < -0.3 is 20.1 Å². The minimum Gasteiger partial charge on any atom is -0.487 e. The van der Waals surface area contributed by atoms with Gasteiger partial charge >= 0.3 is 6.36 Å². The van der Waals surface area contributed by atoms with Gasteiger partial charge in [0.05, 0.1) is 22.8 Å². The number of imidazole rings is 1. The van der Waals surface area contributed by atoms with Gasteiger partial charge in [0.15, 0.2) is 0 Å². The maximum atomic E-state index is 13.7. The first-order valence-corrected chi connectivity index (χ1v) is 11.1. The highest BCUT2D eigenvalue weighted by atomic mass is 19.4. The highest BCUT2D eigenvalue weighted by Gasteiger charge is 2.43. The van der Waals surface area contributed by atoms with Gasteiger partial charge in [-0.2, -0.15) is 0 Å². The van der Waals surface area contributed by atoms with Crippen molar-refractivity contribution in [3.8, 4) is 11.5 Å². The summed E-state index contributed by atoms with van der Waals surface area (Å²) < 4.78 is 49.7. The summed E-state index contributed by atoms with van der Waals surface area (Å²) in [7, 11) is 0. The predicted octanol–water partition coefficient (Wildman–Crippen LogP) is 4.41. The number of halogens is 3. The van der Waals surface area contributed by atoms with Crippen molar-refractivity contribution >= 4 is 28.3 Å². The van der Waals surface area contributed by atoms with Crippen LogP contribution in [-0.4, -0.2) is 44.2 Å². The zero-order valence-electron chi connectivity index (χ0n) is 18.5. The van der Waals surface area contributed by atoms with E-state index in [-0.39, 0.29) is 17.8 Å². The highest BCUT2D eigenvalue weighted by molar-refractivity contribution is 5.98. The van der Waals surface area contributed by atoms with Crippen LogP contribution in [0.5, 0.6) is 11.5 Å². The monoisotopic (exact) mass is 483 g/mol. The second kappa shape index (κ2) is 7.49. The molecule has 2 unspecified atom stereocenters. The molecule has 2 aromatic carbocycles. The van der Waals surface area contributed by atoms with Crippen LogP contribution in [0.25, 0.3) is 16.6 Å². The summed E-state index contributed by atoms with van der Waals surface area (Å²) in [4.78, 5) is 24.2. The molecule has 8 nitrogen and oxygen atoms in total. The Hall–Kier alpha value is -4.02. The Morgan fingerprint density at radius 2 is 2.06 bits per heavy atom. The van der Waals surface area contributed by atoms with E-state index in [4.69, 9.17) is 10.5 Å². The molecule has 0 radical (unpaired) electrons. The number of ether oxygens (including phenoxy) is 2. The number of alkyl halides is 3. The van der Waals surface area contributed by atoms with E-state index in [1.807, 2.05) is 11.3 Å². The summed E-state index contributed by atoms with van der Waals surface area (Å²) in [5, 5.41) is 0. The molecule has 1 amide bonds. The summed E-state index contributed by atoms with van der Waals surface area (Å²) in [6.07, 6.45) is -2.08. The summed E-state index contributed by atoms with van der Waals surface area (Å²) in [5.74, 6) is 0.110. The molecule has 1 fully saturated rings. The molecule has 4 heterocycles. The number of anilines is 1. The number of likely N-dealkylation sites (tertiary alicyclic amines) is 1. The number of hydrogen-bond donors (Lipinski definition) is 1. The first-order chi connectivity index (χ1) is 16.7. The molecule has 2 aliphatic heterocycles. The van der Waals surface area contributed by atoms with Crippen LogP contribution in [0, 0.1) is 6.92 Å². The maximum Gasteiger partial charge on any atom is 0.573 e. The number of piperidine rings is 1. The molecule has 180 valence electrons. The fourth-order valence-corrected chi connectivity index (χ4v) is 5.12. The Morgan fingerprint density at radius 1 is 1.23 bits per heavy atom. The van der Waals surface area contributed by atoms with Gasteiger partial charge in [-0.3, -0.25) is 9.20 Å². The van der Waals surface area contributed by atoms with Crippen LogP contribution in [0.15, 0.2) is 42.7 Å². The number of aryl methyl sites for hydroxylation is 1. The van der Waals surface area contributed by atoms with Crippen molar-refractivity contribution < 1.29 is 27.4 Å². The molecular weight excluding hydrogens is 463 g/mol. The smallest absolute Gasteiger partial charge is 0.487 e. The molecule has 0 bridgehead atoms. The van der Waals surface area contributed by atoms with Crippen molar-refractivity contribution in [2.45, 2.75) is 38.3 Å². The van der Waals surface area contributed by atoms with Crippen LogP contribution in [0.1, 0.15) is 40.5 Å². The van der Waals surface area contributed by atoms with Gasteiger partial charge in [-0.15, -0.1) is 13.2 Å². The van der Waals surface area contributed by atoms with Crippen molar-refractivity contribution in [3.63, 3.8) is 0 Å². The van der Waals surface area contributed by atoms with E-state index in [0.717, 1.165) is 5.69 Å². The van der Waals surface area contributed by atoms with Crippen molar-refractivity contribution in [1.82, 2.24) is 19.3 Å². The fraction of sp³-hybridized carbons (Fsp3) is 0.292. The second-order valence-corrected chi connectivity index (χ2v) is 8.74. The number of carbonyl (C=O) groups excluding carboxylic acids is 1. The highest BCUT2D eigenvalue weighted by Crippen LogP contribution is 2.46. The molecule has 0 aliphatic carbocycles. The van der Waals surface area contributed by atoms with Crippen LogP contribution >= 0.6 is 0 Å². The molecule has 6 rings (SSSR count). The number of nitrogens with two attached hydrogens (primary N) is 1. The third-order valence-electron chi connectivity index (χ3n) is 6.57. The number of amides is 1. The van der Waals surface area contributed by atoms with Gasteiger partial charge in [-0.25, -0.2) is 9.97 Å². The summed E-state index contributed by atoms with van der Waals surface area (Å²) in [6, 6.07) is 8.83. The first-order valence-electron chi connectivity index (χ1n) is 11.1. The van der Waals surface area contributed by atoms with Crippen molar-refractivity contribution in [2.24, 2.45) is 0 Å². The number of rotatable bonds is 2. The Morgan fingerprint density at radius 3 is 2.86 bits per heavy atom.